The zero-order valence-corrected chi connectivity index (χ0v) is 14.5. The Kier molecular flexibility index (Phi) is 5.72. The Morgan fingerprint density at radius 3 is 1.81 bits per heavy atom. The molecule has 3 aromatic rings. The number of amides is 2. The van der Waals surface area contributed by atoms with E-state index in [9.17, 15) is 4.79 Å². The molecule has 0 fully saturated rings. The van der Waals surface area contributed by atoms with Crippen LogP contribution in [0, 0.1) is 0 Å². The van der Waals surface area contributed by atoms with Crippen molar-refractivity contribution in [1.29, 1.82) is 0 Å². The number of nitrogens with one attached hydrogen (secondary N) is 3. The molecule has 0 unspecified atom stereocenters. The van der Waals surface area contributed by atoms with Crippen LogP contribution in [0.3, 0.4) is 0 Å². The van der Waals surface area contributed by atoms with E-state index in [1.54, 1.807) is 12.1 Å². The molecular formula is C21H21N3O2. The van der Waals surface area contributed by atoms with E-state index in [1.807, 2.05) is 73.7 Å². The van der Waals surface area contributed by atoms with Crippen LogP contribution in [0.15, 0.2) is 78.9 Å². The molecule has 0 heterocycles. The second-order valence-corrected chi connectivity index (χ2v) is 5.60. The van der Waals surface area contributed by atoms with E-state index >= 15 is 0 Å². The molecule has 0 aliphatic rings. The summed E-state index contributed by atoms with van der Waals surface area (Å²) in [7, 11) is 0. The van der Waals surface area contributed by atoms with Crippen molar-refractivity contribution in [3.63, 3.8) is 0 Å². The molecule has 3 N–H and O–H groups in total. The Morgan fingerprint density at radius 2 is 1.23 bits per heavy atom. The van der Waals surface area contributed by atoms with E-state index in [4.69, 9.17) is 4.74 Å². The van der Waals surface area contributed by atoms with E-state index in [1.165, 1.54) is 0 Å². The lowest BCUT2D eigenvalue weighted by atomic mass is 10.2. The summed E-state index contributed by atoms with van der Waals surface area (Å²) in [6.45, 7) is 2.54. The lowest BCUT2D eigenvalue weighted by Crippen LogP contribution is -2.19. The predicted molar refractivity (Wildman–Crippen MR) is 106 cm³/mol. The van der Waals surface area contributed by atoms with Crippen molar-refractivity contribution >= 4 is 28.8 Å². The Bertz CT molecular complexity index is 831. The van der Waals surface area contributed by atoms with Gasteiger partial charge in [-0.05, 0) is 67.6 Å². The van der Waals surface area contributed by atoms with Gasteiger partial charge in [-0.2, -0.15) is 0 Å². The van der Waals surface area contributed by atoms with Gasteiger partial charge < -0.3 is 20.7 Å². The molecule has 0 aliphatic heterocycles. The molecule has 5 nitrogen and oxygen atoms in total. The molecule has 0 saturated heterocycles. The maximum atomic E-state index is 12.1. The number of hydrogen-bond donors (Lipinski definition) is 3. The van der Waals surface area contributed by atoms with Crippen molar-refractivity contribution < 1.29 is 9.53 Å². The highest BCUT2D eigenvalue weighted by Crippen LogP contribution is 2.19. The van der Waals surface area contributed by atoms with Gasteiger partial charge >= 0.3 is 6.03 Å². The van der Waals surface area contributed by atoms with Gasteiger partial charge in [-0.1, -0.05) is 18.2 Å². The highest BCUT2D eigenvalue weighted by atomic mass is 16.5. The molecule has 2 amide bonds. The average Bonchev–Trinajstić information content (AvgIpc) is 2.66. The fraction of sp³-hybridized carbons (Fsp3) is 0.0952. The monoisotopic (exact) mass is 347 g/mol. The van der Waals surface area contributed by atoms with Crippen molar-refractivity contribution in [2.45, 2.75) is 6.92 Å². The summed E-state index contributed by atoms with van der Waals surface area (Å²) in [5.41, 5.74) is 3.38. The van der Waals surface area contributed by atoms with E-state index in [0.29, 0.717) is 18.0 Å². The van der Waals surface area contributed by atoms with Crippen LogP contribution < -0.4 is 20.7 Å². The second-order valence-electron chi connectivity index (χ2n) is 5.60. The summed E-state index contributed by atoms with van der Waals surface area (Å²) in [6.07, 6.45) is 0. The summed E-state index contributed by atoms with van der Waals surface area (Å²) in [5, 5.41) is 8.90. The maximum absolute atomic E-state index is 12.1. The molecule has 132 valence electrons. The minimum atomic E-state index is -0.294. The third kappa shape index (κ3) is 5.01. The van der Waals surface area contributed by atoms with Crippen LogP contribution in [0.2, 0.25) is 0 Å². The van der Waals surface area contributed by atoms with E-state index < -0.39 is 0 Å². The minimum absolute atomic E-state index is 0.294. The molecule has 5 heteroatoms. The number of anilines is 4. The summed E-state index contributed by atoms with van der Waals surface area (Å²) in [5.74, 6) is 0.778. The molecule has 0 aromatic heterocycles. The van der Waals surface area contributed by atoms with Crippen LogP contribution in [0.5, 0.6) is 5.75 Å². The lowest BCUT2D eigenvalue weighted by Gasteiger charge is -2.10. The van der Waals surface area contributed by atoms with Crippen LogP contribution in [0.25, 0.3) is 0 Å². The predicted octanol–water partition coefficient (Wildman–Crippen LogP) is 5.47. The van der Waals surface area contributed by atoms with E-state index in [0.717, 1.165) is 17.1 Å². The minimum Gasteiger partial charge on any atom is -0.494 e. The highest BCUT2D eigenvalue weighted by molar-refractivity contribution is 5.99. The number of carbonyl (C=O) groups is 1. The van der Waals surface area contributed by atoms with E-state index in [-0.39, 0.29) is 6.03 Å². The molecule has 0 aliphatic carbocycles. The van der Waals surface area contributed by atoms with E-state index in [2.05, 4.69) is 16.0 Å². The van der Waals surface area contributed by atoms with Crippen molar-refractivity contribution in [2.24, 2.45) is 0 Å². The van der Waals surface area contributed by atoms with Gasteiger partial charge in [-0.3, -0.25) is 0 Å². The van der Waals surface area contributed by atoms with Gasteiger partial charge in [0.2, 0.25) is 0 Å². The summed E-state index contributed by atoms with van der Waals surface area (Å²) in [6, 6.07) is 24.4. The number of benzene rings is 3. The zero-order chi connectivity index (χ0) is 18.2. The number of rotatable bonds is 6. The van der Waals surface area contributed by atoms with Gasteiger partial charge in [-0.15, -0.1) is 0 Å². The number of hydrogen-bond acceptors (Lipinski definition) is 3. The number of ether oxygens (including phenoxy) is 1. The largest absolute Gasteiger partial charge is 0.494 e. The summed E-state index contributed by atoms with van der Waals surface area (Å²) in [4.78, 5) is 12.1. The fourth-order valence-electron chi connectivity index (χ4n) is 2.42. The van der Waals surface area contributed by atoms with Gasteiger partial charge in [0.1, 0.15) is 5.75 Å². The Balaban J connectivity index is 1.54. The highest BCUT2D eigenvalue weighted by Gasteiger charge is 2.03. The Morgan fingerprint density at radius 1 is 0.731 bits per heavy atom. The molecule has 0 saturated carbocycles. The molecule has 0 radical (unpaired) electrons. The number of para-hydroxylation sites is 1. The quantitative estimate of drug-likeness (QED) is 0.554. The topological polar surface area (TPSA) is 62.4 Å². The van der Waals surface area contributed by atoms with Crippen LogP contribution in [-0.2, 0) is 0 Å². The first-order valence-electron chi connectivity index (χ1n) is 8.46. The van der Waals surface area contributed by atoms with Crippen LogP contribution in [0.4, 0.5) is 27.5 Å². The van der Waals surface area contributed by atoms with Crippen molar-refractivity contribution in [3.05, 3.63) is 78.9 Å². The van der Waals surface area contributed by atoms with Crippen molar-refractivity contribution in [2.75, 3.05) is 22.6 Å². The fourth-order valence-corrected chi connectivity index (χ4v) is 2.42. The molecule has 0 spiro atoms. The molecule has 3 aromatic carbocycles. The molecule has 0 bridgehead atoms. The van der Waals surface area contributed by atoms with Crippen LogP contribution in [0.1, 0.15) is 6.92 Å². The average molecular weight is 347 g/mol. The number of carbonyl (C=O) groups excluding carboxylic acids is 1. The van der Waals surface area contributed by atoms with Crippen molar-refractivity contribution in [1.82, 2.24) is 0 Å². The smallest absolute Gasteiger partial charge is 0.323 e. The third-order valence-corrected chi connectivity index (χ3v) is 3.63. The normalized spacial score (nSPS) is 10.0. The summed E-state index contributed by atoms with van der Waals surface area (Å²) >= 11 is 0. The Labute approximate surface area is 153 Å². The SMILES string of the molecule is CCOc1ccc(NC(=O)Nc2ccc(Nc3ccccc3)cc2)cc1. The first kappa shape index (κ1) is 17.4. The molecule has 3 rings (SSSR count). The summed E-state index contributed by atoms with van der Waals surface area (Å²) < 4.78 is 5.38. The zero-order valence-electron chi connectivity index (χ0n) is 14.5. The van der Waals surface area contributed by atoms with Gasteiger partial charge in [0.15, 0.2) is 0 Å². The number of urea groups is 1. The van der Waals surface area contributed by atoms with Gasteiger partial charge in [-0.25, -0.2) is 4.79 Å². The van der Waals surface area contributed by atoms with Gasteiger partial charge in [0.05, 0.1) is 6.61 Å². The van der Waals surface area contributed by atoms with Crippen molar-refractivity contribution in [3.8, 4) is 5.75 Å². The molecule has 0 atom stereocenters. The lowest BCUT2D eigenvalue weighted by molar-refractivity contribution is 0.262. The first-order valence-corrected chi connectivity index (χ1v) is 8.46. The maximum Gasteiger partial charge on any atom is 0.323 e. The van der Waals surface area contributed by atoms with Gasteiger partial charge in [0.25, 0.3) is 0 Å². The second kappa shape index (κ2) is 8.58. The Hall–Kier alpha value is -3.47. The van der Waals surface area contributed by atoms with Crippen LogP contribution >= 0.6 is 0 Å². The standard InChI is InChI=1S/C21H21N3O2/c1-2-26-20-14-12-19(13-15-20)24-21(25)23-18-10-8-17(9-11-18)22-16-6-4-3-5-7-16/h3-15,22H,2H2,1H3,(H2,23,24,25). The third-order valence-electron chi connectivity index (χ3n) is 3.63. The van der Waals surface area contributed by atoms with Gasteiger partial charge in [0, 0.05) is 22.7 Å². The molecular weight excluding hydrogens is 326 g/mol. The van der Waals surface area contributed by atoms with Crippen LogP contribution in [-0.4, -0.2) is 12.6 Å². The molecule has 26 heavy (non-hydrogen) atoms. The first-order chi connectivity index (χ1) is 12.7.